The van der Waals surface area contributed by atoms with Crippen LogP contribution in [0.2, 0.25) is 0 Å². The summed E-state index contributed by atoms with van der Waals surface area (Å²) < 4.78 is 38.3. The maximum atomic E-state index is 12.8. The van der Waals surface area contributed by atoms with E-state index >= 15 is 0 Å². The van der Waals surface area contributed by atoms with Crippen molar-refractivity contribution >= 4 is 5.91 Å². The van der Waals surface area contributed by atoms with Crippen LogP contribution in [0, 0.1) is 6.92 Å². The molecule has 0 heterocycles. The van der Waals surface area contributed by atoms with Crippen molar-refractivity contribution in [1.29, 1.82) is 0 Å². The van der Waals surface area contributed by atoms with E-state index in [0.717, 1.165) is 12.1 Å². The number of carbonyl (C=O) groups excluding carboxylic acids is 1. The van der Waals surface area contributed by atoms with E-state index in [4.69, 9.17) is 5.11 Å². The molecule has 0 aliphatic rings. The molecule has 106 valence electrons. The number of aryl methyl sites for hydroxylation is 1. The van der Waals surface area contributed by atoms with Crippen molar-refractivity contribution in [2.75, 3.05) is 6.61 Å². The standard InChI is InChI=1S/C12H14F3NO3/c1-7-3-4-9(10(5-7)12(13,14)15)11(18)16-19-6-8(2)17/h3-5,8,17H,6H2,1-2H3,(H,16,18). The Morgan fingerprint density at radius 2 is 2.11 bits per heavy atom. The van der Waals surface area contributed by atoms with Crippen LogP contribution in [0.25, 0.3) is 0 Å². The molecule has 1 aromatic rings. The minimum absolute atomic E-state index is 0.209. The second kappa shape index (κ2) is 6.03. The number of alkyl halides is 3. The fourth-order valence-corrected chi connectivity index (χ4v) is 1.37. The molecule has 0 aromatic heterocycles. The Kier molecular flexibility index (Phi) is 4.90. The van der Waals surface area contributed by atoms with Gasteiger partial charge in [-0.3, -0.25) is 9.63 Å². The van der Waals surface area contributed by atoms with Gasteiger partial charge in [-0.05, 0) is 26.0 Å². The zero-order valence-electron chi connectivity index (χ0n) is 10.4. The number of hydroxylamine groups is 1. The number of nitrogens with one attached hydrogen (secondary N) is 1. The van der Waals surface area contributed by atoms with Gasteiger partial charge in [0, 0.05) is 0 Å². The molecule has 0 bridgehead atoms. The van der Waals surface area contributed by atoms with Crippen molar-refractivity contribution in [1.82, 2.24) is 5.48 Å². The third-order valence-corrected chi connectivity index (χ3v) is 2.21. The highest BCUT2D eigenvalue weighted by Gasteiger charge is 2.35. The first-order chi connectivity index (χ1) is 8.71. The van der Waals surface area contributed by atoms with Crippen molar-refractivity contribution < 1.29 is 27.9 Å². The van der Waals surface area contributed by atoms with E-state index < -0.39 is 29.3 Å². The Hall–Kier alpha value is -1.60. The van der Waals surface area contributed by atoms with Crippen molar-refractivity contribution in [2.24, 2.45) is 0 Å². The summed E-state index contributed by atoms with van der Waals surface area (Å²) in [5.41, 5.74) is 0.713. The Balaban J connectivity index is 2.91. The van der Waals surface area contributed by atoms with Gasteiger partial charge < -0.3 is 5.11 Å². The third kappa shape index (κ3) is 4.53. The summed E-state index contributed by atoms with van der Waals surface area (Å²) in [5.74, 6) is -1.01. The number of carbonyl (C=O) groups is 1. The molecule has 1 unspecified atom stereocenters. The lowest BCUT2D eigenvalue weighted by atomic mass is 10.0. The van der Waals surface area contributed by atoms with Crippen LogP contribution in [0.5, 0.6) is 0 Å². The van der Waals surface area contributed by atoms with Gasteiger partial charge in [-0.1, -0.05) is 11.6 Å². The molecule has 0 fully saturated rings. The average Bonchev–Trinajstić information content (AvgIpc) is 2.27. The number of rotatable bonds is 4. The molecular weight excluding hydrogens is 263 g/mol. The van der Waals surface area contributed by atoms with E-state index in [2.05, 4.69) is 4.84 Å². The first kappa shape index (κ1) is 15.5. The molecule has 0 aliphatic heterocycles. The van der Waals surface area contributed by atoms with Crippen LogP contribution in [0.1, 0.15) is 28.4 Å². The van der Waals surface area contributed by atoms with E-state index in [1.165, 1.54) is 19.9 Å². The topological polar surface area (TPSA) is 58.6 Å². The molecule has 0 saturated carbocycles. The fraction of sp³-hybridized carbons (Fsp3) is 0.417. The number of amides is 1. The highest BCUT2D eigenvalue weighted by molar-refractivity contribution is 5.95. The highest BCUT2D eigenvalue weighted by Crippen LogP contribution is 2.32. The van der Waals surface area contributed by atoms with Crippen molar-refractivity contribution in [3.05, 3.63) is 34.9 Å². The van der Waals surface area contributed by atoms with Gasteiger partial charge in [-0.2, -0.15) is 13.2 Å². The number of hydrogen-bond acceptors (Lipinski definition) is 3. The summed E-state index contributed by atoms with van der Waals surface area (Å²) in [5, 5.41) is 8.90. The smallest absolute Gasteiger partial charge is 0.391 e. The van der Waals surface area contributed by atoms with Crippen LogP contribution >= 0.6 is 0 Å². The van der Waals surface area contributed by atoms with Crippen LogP contribution in [0.3, 0.4) is 0 Å². The van der Waals surface area contributed by atoms with Gasteiger partial charge in [0.05, 0.1) is 17.2 Å². The number of aliphatic hydroxyl groups excluding tert-OH is 1. The zero-order chi connectivity index (χ0) is 14.6. The zero-order valence-corrected chi connectivity index (χ0v) is 10.4. The van der Waals surface area contributed by atoms with Gasteiger partial charge in [0.2, 0.25) is 0 Å². The maximum Gasteiger partial charge on any atom is 0.417 e. The molecule has 1 rings (SSSR count). The van der Waals surface area contributed by atoms with E-state index in [9.17, 15) is 18.0 Å². The quantitative estimate of drug-likeness (QED) is 0.828. The molecule has 2 N–H and O–H groups in total. The summed E-state index contributed by atoms with van der Waals surface area (Å²) in [6.45, 7) is 2.71. The number of halogens is 3. The SMILES string of the molecule is Cc1ccc(C(=O)NOCC(C)O)c(C(F)(F)F)c1. The lowest BCUT2D eigenvalue weighted by Crippen LogP contribution is -2.29. The van der Waals surface area contributed by atoms with Crippen LogP contribution in [0.15, 0.2) is 18.2 Å². The number of benzene rings is 1. The second-order valence-corrected chi connectivity index (χ2v) is 4.14. The summed E-state index contributed by atoms with van der Waals surface area (Å²) in [6.07, 6.45) is -5.46. The molecule has 7 heteroatoms. The monoisotopic (exact) mass is 277 g/mol. The predicted molar refractivity (Wildman–Crippen MR) is 61.3 cm³/mol. The van der Waals surface area contributed by atoms with Gasteiger partial charge in [-0.25, -0.2) is 5.48 Å². The molecule has 1 aromatic carbocycles. The number of aliphatic hydroxyl groups is 1. The molecule has 0 aliphatic carbocycles. The van der Waals surface area contributed by atoms with Crippen LogP contribution in [-0.2, 0) is 11.0 Å². The third-order valence-electron chi connectivity index (χ3n) is 2.21. The molecular formula is C12H14F3NO3. The lowest BCUT2D eigenvalue weighted by Gasteiger charge is -2.14. The minimum Gasteiger partial charge on any atom is -0.391 e. The molecule has 19 heavy (non-hydrogen) atoms. The maximum absolute atomic E-state index is 12.8. The minimum atomic E-state index is -4.62. The van der Waals surface area contributed by atoms with Crippen LogP contribution < -0.4 is 5.48 Å². The molecule has 0 radical (unpaired) electrons. The lowest BCUT2D eigenvalue weighted by molar-refractivity contribution is -0.138. The largest absolute Gasteiger partial charge is 0.417 e. The van der Waals surface area contributed by atoms with Crippen molar-refractivity contribution in [3.8, 4) is 0 Å². The molecule has 4 nitrogen and oxygen atoms in total. The molecule has 0 spiro atoms. The van der Waals surface area contributed by atoms with E-state index in [-0.39, 0.29) is 6.61 Å². The Labute approximate surface area is 108 Å². The summed E-state index contributed by atoms with van der Waals surface area (Å²) in [6, 6.07) is 3.38. The van der Waals surface area contributed by atoms with Gasteiger partial charge in [-0.15, -0.1) is 0 Å². The molecule has 1 amide bonds. The van der Waals surface area contributed by atoms with Gasteiger partial charge in [0.25, 0.3) is 5.91 Å². The van der Waals surface area contributed by atoms with Crippen molar-refractivity contribution in [3.63, 3.8) is 0 Å². The molecule has 0 saturated heterocycles. The second-order valence-electron chi connectivity index (χ2n) is 4.14. The van der Waals surface area contributed by atoms with Gasteiger partial charge in [0.1, 0.15) is 6.61 Å². The molecule has 1 atom stereocenters. The van der Waals surface area contributed by atoms with E-state index in [0.29, 0.717) is 5.56 Å². The Morgan fingerprint density at radius 3 is 2.63 bits per heavy atom. The normalized spacial score (nSPS) is 13.2. The Morgan fingerprint density at radius 1 is 1.47 bits per heavy atom. The first-order valence-electron chi connectivity index (χ1n) is 5.50. The summed E-state index contributed by atoms with van der Waals surface area (Å²) in [7, 11) is 0. The van der Waals surface area contributed by atoms with E-state index in [1.807, 2.05) is 5.48 Å². The van der Waals surface area contributed by atoms with Crippen LogP contribution in [0.4, 0.5) is 13.2 Å². The number of hydrogen-bond donors (Lipinski definition) is 2. The van der Waals surface area contributed by atoms with Crippen molar-refractivity contribution in [2.45, 2.75) is 26.1 Å². The van der Waals surface area contributed by atoms with Gasteiger partial charge in [0.15, 0.2) is 0 Å². The van der Waals surface area contributed by atoms with E-state index in [1.54, 1.807) is 0 Å². The first-order valence-corrected chi connectivity index (χ1v) is 5.50. The predicted octanol–water partition coefficient (Wildman–Crippen LogP) is 2.06. The summed E-state index contributed by atoms with van der Waals surface area (Å²) >= 11 is 0. The average molecular weight is 277 g/mol. The van der Waals surface area contributed by atoms with Crippen LogP contribution in [-0.4, -0.2) is 23.7 Å². The summed E-state index contributed by atoms with van der Waals surface area (Å²) in [4.78, 5) is 16.2. The fourth-order valence-electron chi connectivity index (χ4n) is 1.37. The highest BCUT2D eigenvalue weighted by atomic mass is 19.4. The Bertz CT molecular complexity index is 458. The van der Waals surface area contributed by atoms with Gasteiger partial charge >= 0.3 is 6.18 Å².